The van der Waals surface area contributed by atoms with Crippen molar-refractivity contribution in [2.24, 2.45) is 0 Å². The third-order valence-corrected chi connectivity index (χ3v) is 2.84. The molecule has 0 unspecified atom stereocenters. The Kier molecular flexibility index (Phi) is 3.10. The Bertz CT molecular complexity index is 403. The average molecular weight is 246 g/mol. The van der Waals surface area contributed by atoms with Crippen molar-refractivity contribution in [1.29, 1.82) is 0 Å². The van der Waals surface area contributed by atoms with Crippen LogP contribution in [0.4, 0.5) is 14.5 Å². The van der Waals surface area contributed by atoms with Gasteiger partial charge in [0, 0.05) is 31.0 Å². The highest BCUT2D eigenvalue weighted by Crippen LogP contribution is 2.28. The Hall–Kier alpha value is -1.16. The second-order valence-electron chi connectivity index (χ2n) is 3.74. The fourth-order valence-corrected chi connectivity index (χ4v) is 2.01. The molecule has 0 saturated carbocycles. The number of nitrogens with zero attached hydrogens (tertiary/aromatic N) is 1. The van der Waals surface area contributed by atoms with Crippen LogP contribution in [0.5, 0.6) is 0 Å². The van der Waals surface area contributed by atoms with Crippen LogP contribution in [0.1, 0.15) is 12.8 Å². The van der Waals surface area contributed by atoms with Crippen LogP contribution in [-0.2, 0) is 4.79 Å². The molecule has 0 aromatic heterocycles. The van der Waals surface area contributed by atoms with Crippen LogP contribution in [0.3, 0.4) is 0 Å². The van der Waals surface area contributed by atoms with Gasteiger partial charge < -0.3 is 4.90 Å². The van der Waals surface area contributed by atoms with Gasteiger partial charge >= 0.3 is 0 Å². The molecular weight excluding hydrogens is 236 g/mol. The number of rotatable bonds is 1. The molecule has 5 heteroatoms. The molecule has 0 bridgehead atoms. The lowest BCUT2D eigenvalue weighted by atomic mass is 10.1. The molecule has 0 spiro atoms. The summed E-state index contributed by atoms with van der Waals surface area (Å²) in [4.78, 5) is 12.6. The maximum atomic E-state index is 13.5. The van der Waals surface area contributed by atoms with E-state index in [0.29, 0.717) is 25.9 Å². The summed E-state index contributed by atoms with van der Waals surface area (Å²) < 4.78 is 27.1. The van der Waals surface area contributed by atoms with Gasteiger partial charge in [0.25, 0.3) is 0 Å². The number of carbonyl (C=O) groups excluding carboxylic acids is 1. The number of hydrogen-bond acceptors (Lipinski definition) is 2. The second-order valence-corrected chi connectivity index (χ2v) is 4.18. The predicted octanol–water partition coefficient (Wildman–Crippen LogP) is 2.79. The summed E-state index contributed by atoms with van der Waals surface area (Å²) in [7, 11) is 0. The monoisotopic (exact) mass is 245 g/mol. The molecule has 86 valence electrons. The molecule has 16 heavy (non-hydrogen) atoms. The maximum absolute atomic E-state index is 13.5. The first-order chi connectivity index (χ1) is 7.58. The predicted molar refractivity (Wildman–Crippen MR) is 57.8 cm³/mol. The van der Waals surface area contributed by atoms with Gasteiger partial charge in [-0.2, -0.15) is 0 Å². The van der Waals surface area contributed by atoms with Gasteiger partial charge in [-0.1, -0.05) is 11.6 Å². The third kappa shape index (κ3) is 2.16. The summed E-state index contributed by atoms with van der Waals surface area (Å²) in [5.41, 5.74) is -0.0862. The molecule has 1 saturated heterocycles. The lowest BCUT2D eigenvalue weighted by Gasteiger charge is -2.28. The number of hydrogen-bond donors (Lipinski definition) is 0. The first-order valence-electron chi connectivity index (χ1n) is 4.99. The van der Waals surface area contributed by atoms with Gasteiger partial charge in [-0.25, -0.2) is 8.78 Å². The SMILES string of the molecule is O=C1CCN(c2c(F)cc(Cl)cc2F)CC1. The molecule has 1 heterocycles. The molecule has 2 nitrogen and oxygen atoms in total. The largest absolute Gasteiger partial charge is 0.366 e. The molecule has 0 atom stereocenters. The van der Waals surface area contributed by atoms with Crippen LogP contribution in [0.25, 0.3) is 0 Å². The quantitative estimate of drug-likeness (QED) is 0.758. The molecule has 0 amide bonds. The average Bonchev–Trinajstić information content (AvgIpc) is 2.19. The summed E-state index contributed by atoms with van der Waals surface area (Å²) in [5, 5.41) is 0.0341. The Morgan fingerprint density at radius 3 is 2.12 bits per heavy atom. The molecule has 0 radical (unpaired) electrons. The van der Waals surface area contributed by atoms with E-state index in [4.69, 9.17) is 11.6 Å². The summed E-state index contributed by atoms with van der Waals surface area (Å²) in [6, 6.07) is 2.16. The van der Waals surface area contributed by atoms with E-state index in [1.807, 2.05) is 0 Å². The number of piperidine rings is 1. The zero-order chi connectivity index (χ0) is 11.7. The van der Waals surface area contributed by atoms with Crippen molar-refractivity contribution in [1.82, 2.24) is 0 Å². The lowest BCUT2D eigenvalue weighted by molar-refractivity contribution is -0.119. The van der Waals surface area contributed by atoms with Crippen LogP contribution in [0, 0.1) is 11.6 Å². The van der Waals surface area contributed by atoms with E-state index in [-0.39, 0.29) is 16.5 Å². The van der Waals surface area contributed by atoms with Crippen molar-refractivity contribution < 1.29 is 13.6 Å². The maximum Gasteiger partial charge on any atom is 0.150 e. The number of ketones is 1. The Labute approximate surface area is 96.8 Å². The standard InChI is InChI=1S/C11H10ClF2NO/c12-7-5-9(13)11(10(14)6-7)15-3-1-8(16)2-4-15/h5-6H,1-4H2. The molecule has 1 aromatic rings. The van der Waals surface area contributed by atoms with E-state index in [1.165, 1.54) is 0 Å². The van der Waals surface area contributed by atoms with Crippen molar-refractivity contribution in [2.45, 2.75) is 12.8 Å². The molecule has 1 aromatic carbocycles. The van der Waals surface area contributed by atoms with Gasteiger partial charge in [0.2, 0.25) is 0 Å². The molecular formula is C11H10ClF2NO. The highest BCUT2D eigenvalue weighted by Gasteiger charge is 2.22. The fraction of sp³-hybridized carbons (Fsp3) is 0.364. The summed E-state index contributed by atoms with van der Waals surface area (Å²) in [6.07, 6.45) is 0.670. The van der Waals surface area contributed by atoms with Gasteiger partial charge in [-0.05, 0) is 12.1 Å². The molecule has 1 aliphatic heterocycles. The highest BCUT2D eigenvalue weighted by atomic mass is 35.5. The van der Waals surface area contributed by atoms with E-state index in [2.05, 4.69) is 0 Å². The Balaban J connectivity index is 2.30. The van der Waals surface area contributed by atoms with Gasteiger partial charge in [-0.3, -0.25) is 4.79 Å². The molecule has 2 rings (SSSR count). The van der Waals surface area contributed by atoms with Crippen LogP contribution in [0.2, 0.25) is 5.02 Å². The van der Waals surface area contributed by atoms with Crippen molar-refractivity contribution in [3.63, 3.8) is 0 Å². The van der Waals surface area contributed by atoms with Crippen molar-refractivity contribution in [2.75, 3.05) is 18.0 Å². The minimum absolute atomic E-state index is 0.0341. The van der Waals surface area contributed by atoms with E-state index in [9.17, 15) is 13.6 Å². The molecule has 1 fully saturated rings. The van der Waals surface area contributed by atoms with Crippen molar-refractivity contribution in [3.05, 3.63) is 28.8 Å². The zero-order valence-corrected chi connectivity index (χ0v) is 9.23. The van der Waals surface area contributed by atoms with Gasteiger partial charge in [0.15, 0.2) is 11.6 Å². The minimum atomic E-state index is -0.681. The van der Waals surface area contributed by atoms with Crippen LogP contribution < -0.4 is 4.90 Å². The molecule has 0 aliphatic carbocycles. The summed E-state index contributed by atoms with van der Waals surface area (Å²) in [5.74, 6) is -1.23. The lowest BCUT2D eigenvalue weighted by Crippen LogP contribution is -2.34. The van der Waals surface area contributed by atoms with E-state index >= 15 is 0 Å². The van der Waals surface area contributed by atoms with E-state index < -0.39 is 11.6 Å². The van der Waals surface area contributed by atoms with E-state index in [1.54, 1.807) is 4.90 Å². The molecule has 1 aliphatic rings. The normalized spacial score (nSPS) is 16.7. The Morgan fingerprint density at radius 1 is 1.12 bits per heavy atom. The number of benzene rings is 1. The summed E-state index contributed by atoms with van der Waals surface area (Å²) in [6.45, 7) is 0.711. The van der Waals surface area contributed by atoms with Crippen LogP contribution in [-0.4, -0.2) is 18.9 Å². The smallest absolute Gasteiger partial charge is 0.150 e. The van der Waals surface area contributed by atoms with Crippen LogP contribution >= 0.6 is 11.6 Å². The molecule has 0 N–H and O–H groups in total. The minimum Gasteiger partial charge on any atom is -0.366 e. The van der Waals surface area contributed by atoms with Gasteiger partial charge in [0.05, 0.1) is 0 Å². The van der Waals surface area contributed by atoms with E-state index in [0.717, 1.165) is 12.1 Å². The topological polar surface area (TPSA) is 20.3 Å². The number of Topliss-reactive ketones (excluding diaryl/α,β-unsaturated/α-hetero) is 1. The summed E-state index contributed by atoms with van der Waals surface area (Å²) >= 11 is 5.53. The second kappa shape index (κ2) is 4.37. The highest BCUT2D eigenvalue weighted by molar-refractivity contribution is 6.30. The fourth-order valence-electron chi connectivity index (χ4n) is 1.82. The zero-order valence-electron chi connectivity index (χ0n) is 8.47. The Morgan fingerprint density at radius 2 is 1.62 bits per heavy atom. The number of halogens is 3. The first-order valence-corrected chi connectivity index (χ1v) is 5.37. The van der Waals surface area contributed by atoms with Crippen LogP contribution in [0.15, 0.2) is 12.1 Å². The number of carbonyl (C=O) groups is 1. The van der Waals surface area contributed by atoms with Crippen molar-refractivity contribution >= 4 is 23.1 Å². The van der Waals surface area contributed by atoms with Gasteiger partial charge in [0.1, 0.15) is 11.5 Å². The van der Waals surface area contributed by atoms with Gasteiger partial charge in [-0.15, -0.1) is 0 Å². The number of anilines is 1. The van der Waals surface area contributed by atoms with Crippen molar-refractivity contribution in [3.8, 4) is 0 Å². The third-order valence-electron chi connectivity index (χ3n) is 2.62. The first kappa shape index (κ1) is 11.3.